The number of carbonyl (C=O) groups is 1. The molecular formula is C8H7ClO2. The number of hydrogen-bond acceptors (Lipinski definition) is 2. The summed E-state index contributed by atoms with van der Waals surface area (Å²) in [5.41, 5.74) is -0.891. The number of aldehydes is 1. The summed E-state index contributed by atoms with van der Waals surface area (Å²) in [4.78, 5) is 10.1. The minimum absolute atomic E-state index is 0.536. The first-order chi connectivity index (χ1) is 5.33. The van der Waals surface area contributed by atoms with Crippen LogP contribution >= 0.6 is 11.6 Å². The van der Waals surface area contributed by atoms with E-state index >= 15 is 0 Å². The molecule has 0 saturated carbocycles. The van der Waals surface area contributed by atoms with Gasteiger partial charge in [0.1, 0.15) is 5.75 Å². The Hall–Kier alpha value is -1.02. The normalized spacial score (nSPS) is 12.1. The molecule has 0 aliphatic rings. The van der Waals surface area contributed by atoms with Crippen LogP contribution < -0.4 is 4.74 Å². The zero-order chi connectivity index (χ0) is 8.10. The fourth-order valence-electron chi connectivity index (χ4n) is 0.657. The summed E-state index contributed by atoms with van der Waals surface area (Å²) in [5, 5.41) is 0. The second-order valence-electron chi connectivity index (χ2n) is 1.92. The van der Waals surface area contributed by atoms with Crippen LogP contribution in [0.5, 0.6) is 5.75 Å². The van der Waals surface area contributed by atoms with Gasteiger partial charge in [0.05, 0.1) is 0 Å². The molecule has 0 aliphatic heterocycles. The number of carbonyl (C=O) groups excluding carboxylic acids is 1. The van der Waals surface area contributed by atoms with Gasteiger partial charge in [-0.1, -0.05) is 29.8 Å². The number of benzene rings is 1. The summed E-state index contributed by atoms with van der Waals surface area (Å²) in [7, 11) is 0. The quantitative estimate of drug-likeness (QED) is 0.511. The van der Waals surface area contributed by atoms with Crippen molar-refractivity contribution in [1.29, 1.82) is 0 Å². The van der Waals surface area contributed by atoms with Crippen LogP contribution in [-0.2, 0) is 4.79 Å². The summed E-state index contributed by atoms with van der Waals surface area (Å²) in [5.74, 6) is 0.597. The molecule has 0 saturated heterocycles. The van der Waals surface area contributed by atoms with Crippen molar-refractivity contribution in [1.82, 2.24) is 0 Å². The first-order valence-electron chi connectivity index (χ1n) is 3.14. The Morgan fingerprint density at radius 3 is 2.55 bits per heavy atom. The molecule has 11 heavy (non-hydrogen) atoms. The summed E-state index contributed by atoms with van der Waals surface area (Å²) >= 11 is 5.41. The Balaban J connectivity index is 2.57. The summed E-state index contributed by atoms with van der Waals surface area (Å²) in [6.07, 6.45) is 0.536. The molecule has 1 aromatic rings. The Kier molecular flexibility index (Phi) is 2.93. The van der Waals surface area contributed by atoms with E-state index in [2.05, 4.69) is 0 Å². The van der Waals surface area contributed by atoms with Gasteiger partial charge in [-0.25, -0.2) is 0 Å². The minimum Gasteiger partial charge on any atom is -0.467 e. The third kappa shape index (κ3) is 2.60. The molecule has 0 N–H and O–H groups in total. The first kappa shape index (κ1) is 8.08. The summed E-state index contributed by atoms with van der Waals surface area (Å²) in [6.45, 7) is 0. The molecule has 0 heterocycles. The molecule has 1 unspecified atom stereocenters. The molecule has 0 fully saturated rings. The third-order valence-corrected chi connectivity index (χ3v) is 1.29. The molecule has 0 radical (unpaired) electrons. The van der Waals surface area contributed by atoms with Gasteiger partial charge < -0.3 is 4.74 Å². The highest BCUT2D eigenvalue weighted by Crippen LogP contribution is 2.11. The monoisotopic (exact) mass is 170 g/mol. The van der Waals surface area contributed by atoms with E-state index in [4.69, 9.17) is 16.3 Å². The van der Waals surface area contributed by atoms with E-state index in [9.17, 15) is 4.79 Å². The highest BCUT2D eigenvalue weighted by atomic mass is 35.5. The lowest BCUT2D eigenvalue weighted by Gasteiger charge is -2.04. The average Bonchev–Trinajstić information content (AvgIpc) is 2.06. The van der Waals surface area contributed by atoms with Crippen molar-refractivity contribution in [2.24, 2.45) is 0 Å². The summed E-state index contributed by atoms with van der Waals surface area (Å²) < 4.78 is 4.96. The second-order valence-corrected chi connectivity index (χ2v) is 2.35. The van der Waals surface area contributed by atoms with E-state index in [0.717, 1.165) is 0 Å². The fraction of sp³-hybridized carbons (Fsp3) is 0.125. The lowest BCUT2D eigenvalue weighted by Crippen LogP contribution is -2.09. The van der Waals surface area contributed by atoms with Crippen molar-refractivity contribution in [3.8, 4) is 5.75 Å². The molecular weight excluding hydrogens is 164 g/mol. The number of alkyl halides is 1. The number of para-hydroxylation sites is 1. The molecule has 0 amide bonds. The molecule has 0 aromatic heterocycles. The molecule has 0 aliphatic carbocycles. The van der Waals surface area contributed by atoms with Gasteiger partial charge in [-0.2, -0.15) is 0 Å². The van der Waals surface area contributed by atoms with Gasteiger partial charge in [0.2, 0.25) is 5.56 Å². The average molecular weight is 171 g/mol. The van der Waals surface area contributed by atoms with Crippen molar-refractivity contribution < 1.29 is 9.53 Å². The topological polar surface area (TPSA) is 26.3 Å². The van der Waals surface area contributed by atoms with Crippen molar-refractivity contribution in [3.63, 3.8) is 0 Å². The molecule has 3 heteroatoms. The predicted octanol–water partition coefficient (Wildman–Crippen LogP) is 1.83. The first-order valence-corrected chi connectivity index (χ1v) is 3.57. The van der Waals surface area contributed by atoms with Gasteiger partial charge in [0.15, 0.2) is 6.29 Å². The van der Waals surface area contributed by atoms with Gasteiger partial charge in [0, 0.05) is 0 Å². The van der Waals surface area contributed by atoms with Crippen LogP contribution in [0, 0.1) is 0 Å². The highest BCUT2D eigenvalue weighted by Gasteiger charge is 2.01. The van der Waals surface area contributed by atoms with E-state index in [0.29, 0.717) is 12.0 Å². The predicted molar refractivity (Wildman–Crippen MR) is 42.8 cm³/mol. The van der Waals surface area contributed by atoms with Crippen molar-refractivity contribution in [3.05, 3.63) is 30.3 Å². The number of halogens is 1. The van der Waals surface area contributed by atoms with Crippen molar-refractivity contribution >= 4 is 17.9 Å². The largest absolute Gasteiger partial charge is 0.467 e. The number of hydrogen-bond donors (Lipinski definition) is 0. The maximum atomic E-state index is 10.1. The number of ether oxygens (including phenoxy) is 1. The van der Waals surface area contributed by atoms with Gasteiger partial charge >= 0.3 is 0 Å². The standard InChI is InChI=1S/C8H7ClO2/c9-8(6-10)11-7-4-2-1-3-5-7/h1-6,8H. The van der Waals surface area contributed by atoms with Crippen LogP contribution in [0.2, 0.25) is 0 Å². The van der Waals surface area contributed by atoms with E-state index < -0.39 is 5.56 Å². The van der Waals surface area contributed by atoms with E-state index in [1.165, 1.54) is 0 Å². The Morgan fingerprint density at radius 1 is 1.36 bits per heavy atom. The molecule has 1 aromatic carbocycles. The highest BCUT2D eigenvalue weighted by molar-refractivity contribution is 6.26. The van der Waals surface area contributed by atoms with Gasteiger partial charge in [-0.05, 0) is 12.1 Å². The van der Waals surface area contributed by atoms with Gasteiger partial charge in [-0.3, -0.25) is 4.79 Å². The smallest absolute Gasteiger partial charge is 0.227 e. The molecule has 1 atom stereocenters. The van der Waals surface area contributed by atoms with Crippen LogP contribution in [0.15, 0.2) is 30.3 Å². The Labute approximate surface area is 69.7 Å². The van der Waals surface area contributed by atoms with Crippen LogP contribution in [0.4, 0.5) is 0 Å². The Bertz CT molecular complexity index is 223. The van der Waals surface area contributed by atoms with Crippen LogP contribution in [0.25, 0.3) is 0 Å². The minimum atomic E-state index is -0.891. The molecule has 58 valence electrons. The van der Waals surface area contributed by atoms with E-state index in [1.54, 1.807) is 12.1 Å². The number of rotatable bonds is 3. The van der Waals surface area contributed by atoms with Crippen LogP contribution in [0.3, 0.4) is 0 Å². The van der Waals surface area contributed by atoms with Gasteiger partial charge in [0.25, 0.3) is 0 Å². The van der Waals surface area contributed by atoms with Crippen LogP contribution in [-0.4, -0.2) is 11.8 Å². The molecule has 2 nitrogen and oxygen atoms in total. The maximum Gasteiger partial charge on any atom is 0.227 e. The maximum absolute atomic E-state index is 10.1. The second kappa shape index (κ2) is 3.98. The zero-order valence-corrected chi connectivity index (χ0v) is 6.49. The van der Waals surface area contributed by atoms with Crippen LogP contribution in [0.1, 0.15) is 0 Å². The van der Waals surface area contributed by atoms with Gasteiger partial charge in [-0.15, -0.1) is 0 Å². The fourth-order valence-corrected chi connectivity index (χ4v) is 0.760. The lowest BCUT2D eigenvalue weighted by molar-refractivity contribution is -0.110. The molecule has 0 spiro atoms. The molecule has 0 bridgehead atoms. The SMILES string of the molecule is O=CC(Cl)Oc1ccccc1. The lowest BCUT2D eigenvalue weighted by atomic mass is 10.3. The Morgan fingerprint density at radius 2 is 2.00 bits per heavy atom. The van der Waals surface area contributed by atoms with E-state index in [-0.39, 0.29) is 0 Å². The van der Waals surface area contributed by atoms with E-state index in [1.807, 2.05) is 18.2 Å². The molecule has 1 rings (SSSR count). The summed E-state index contributed by atoms with van der Waals surface area (Å²) in [6, 6.07) is 8.95. The third-order valence-electron chi connectivity index (χ3n) is 1.10. The van der Waals surface area contributed by atoms with Crippen molar-refractivity contribution in [2.75, 3.05) is 0 Å². The zero-order valence-electron chi connectivity index (χ0n) is 5.74. The van der Waals surface area contributed by atoms with Crippen molar-refractivity contribution in [2.45, 2.75) is 5.56 Å².